The van der Waals surface area contributed by atoms with Gasteiger partial charge in [0.15, 0.2) is 0 Å². The number of para-hydroxylation sites is 1. The second-order valence-corrected chi connectivity index (χ2v) is 7.84. The van der Waals surface area contributed by atoms with Crippen LogP contribution >= 0.6 is 11.3 Å². The molecule has 4 aromatic rings. The predicted molar refractivity (Wildman–Crippen MR) is 124 cm³/mol. The number of carbonyl (C=O) groups is 2. The number of aromatic nitrogens is 1. The van der Waals surface area contributed by atoms with Gasteiger partial charge in [-0.25, -0.2) is 9.78 Å². The maximum absolute atomic E-state index is 12.6. The lowest BCUT2D eigenvalue weighted by atomic mass is 10.1. The van der Waals surface area contributed by atoms with Gasteiger partial charge in [-0.05, 0) is 42.8 Å². The molecule has 0 aliphatic carbocycles. The van der Waals surface area contributed by atoms with Crippen molar-refractivity contribution in [1.82, 2.24) is 4.98 Å². The largest absolute Gasteiger partial charge is 0.497 e. The van der Waals surface area contributed by atoms with Crippen molar-refractivity contribution in [2.24, 2.45) is 0 Å². The molecule has 32 heavy (non-hydrogen) atoms. The fourth-order valence-electron chi connectivity index (χ4n) is 3.20. The molecule has 2 aromatic carbocycles. The number of hydrogen-bond acceptors (Lipinski definition) is 7. The molecule has 4 rings (SSSR count). The predicted octanol–water partition coefficient (Wildman–Crippen LogP) is 5.31. The third-order valence-electron chi connectivity index (χ3n) is 4.76. The number of methoxy groups -OCH3 is 2. The van der Waals surface area contributed by atoms with Crippen molar-refractivity contribution in [1.29, 1.82) is 0 Å². The van der Waals surface area contributed by atoms with Gasteiger partial charge in [0.1, 0.15) is 22.1 Å². The van der Waals surface area contributed by atoms with Gasteiger partial charge in [-0.1, -0.05) is 24.3 Å². The molecule has 0 saturated heterocycles. The molecule has 0 spiro atoms. The first-order valence-electron chi connectivity index (χ1n) is 9.71. The summed E-state index contributed by atoms with van der Waals surface area (Å²) in [5.74, 6) is 0.239. The van der Waals surface area contributed by atoms with Crippen LogP contribution in [-0.4, -0.2) is 31.1 Å². The number of esters is 1. The Morgan fingerprint density at radius 2 is 1.84 bits per heavy atom. The first kappa shape index (κ1) is 21.3. The number of carbonyl (C=O) groups excluding carboxylic acids is 2. The number of fused-ring (bicyclic) bond motifs is 1. The Hall–Kier alpha value is -3.91. The first-order chi connectivity index (χ1) is 15.5. The van der Waals surface area contributed by atoms with Crippen LogP contribution in [0.2, 0.25) is 0 Å². The Labute approximate surface area is 188 Å². The molecule has 0 aliphatic rings. The summed E-state index contributed by atoms with van der Waals surface area (Å²) < 4.78 is 16.8. The Morgan fingerprint density at radius 3 is 2.53 bits per heavy atom. The summed E-state index contributed by atoms with van der Waals surface area (Å²) in [5.41, 5.74) is 2.26. The molecule has 0 radical (unpaired) electrons. The van der Waals surface area contributed by atoms with Gasteiger partial charge >= 0.3 is 5.97 Å². The minimum Gasteiger partial charge on any atom is -0.497 e. The minimum atomic E-state index is -0.560. The van der Waals surface area contributed by atoms with Crippen LogP contribution in [0.15, 0.2) is 59.0 Å². The number of hydrogen-bond donors (Lipinski definition) is 1. The van der Waals surface area contributed by atoms with Gasteiger partial charge in [0.05, 0.1) is 30.0 Å². The topological polar surface area (TPSA) is 90.7 Å². The lowest BCUT2D eigenvalue weighted by molar-refractivity contribution is -0.111. The summed E-state index contributed by atoms with van der Waals surface area (Å²) >= 11 is 1.40. The molecule has 8 heteroatoms. The molecule has 1 amide bonds. The number of ether oxygens (including phenoxy) is 2. The standard InChI is InChI=1S/C24H20N2O5S/c1-14-20(24(28)30-3)21(23-25-17-6-4-5-7-18(17)32-23)22(31-14)26-19(27)13-10-15-8-11-16(29-2)12-9-15/h4-13H,1-3H3,(H,26,27)/b13-10+. The minimum absolute atomic E-state index is 0.145. The molecule has 0 fully saturated rings. The Kier molecular flexibility index (Phi) is 6.04. The number of nitrogens with zero attached hydrogens (tertiary/aromatic N) is 1. The van der Waals surface area contributed by atoms with Gasteiger partial charge in [-0.15, -0.1) is 11.3 Å². The second kappa shape index (κ2) is 9.07. The van der Waals surface area contributed by atoms with Crippen LogP contribution in [0.1, 0.15) is 21.7 Å². The van der Waals surface area contributed by atoms with Crippen LogP contribution in [0.25, 0.3) is 26.9 Å². The normalized spacial score (nSPS) is 11.1. The van der Waals surface area contributed by atoms with Crippen molar-refractivity contribution in [2.75, 3.05) is 19.5 Å². The number of furan rings is 1. The molecule has 0 unspecified atom stereocenters. The van der Waals surface area contributed by atoms with E-state index in [0.717, 1.165) is 21.5 Å². The number of nitrogens with one attached hydrogen (secondary N) is 1. The van der Waals surface area contributed by atoms with E-state index in [1.54, 1.807) is 32.2 Å². The molecule has 162 valence electrons. The number of rotatable bonds is 6. The SMILES string of the molecule is COC(=O)c1c(C)oc(NC(=O)/C=C/c2ccc(OC)cc2)c1-c1nc2ccccc2s1. The number of amides is 1. The zero-order valence-electron chi connectivity index (χ0n) is 17.7. The molecular weight excluding hydrogens is 428 g/mol. The van der Waals surface area contributed by atoms with Crippen LogP contribution < -0.4 is 10.1 Å². The van der Waals surface area contributed by atoms with E-state index < -0.39 is 11.9 Å². The molecule has 0 bridgehead atoms. The summed E-state index contributed by atoms with van der Waals surface area (Å²) in [7, 11) is 2.89. The van der Waals surface area contributed by atoms with Gasteiger partial charge in [0.2, 0.25) is 5.88 Å². The van der Waals surface area contributed by atoms with Crippen molar-refractivity contribution < 1.29 is 23.5 Å². The van der Waals surface area contributed by atoms with Gasteiger partial charge < -0.3 is 13.9 Å². The van der Waals surface area contributed by atoms with E-state index in [9.17, 15) is 9.59 Å². The molecule has 7 nitrogen and oxygen atoms in total. The van der Waals surface area contributed by atoms with Gasteiger partial charge in [-0.3, -0.25) is 10.1 Å². The highest BCUT2D eigenvalue weighted by atomic mass is 32.1. The maximum Gasteiger partial charge on any atom is 0.342 e. The summed E-state index contributed by atoms with van der Waals surface area (Å²) in [6.07, 6.45) is 3.06. The van der Waals surface area contributed by atoms with E-state index in [0.29, 0.717) is 16.3 Å². The van der Waals surface area contributed by atoms with E-state index in [1.807, 2.05) is 36.4 Å². The molecule has 2 aromatic heterocycles. The maximum atomic E-state index is 12.6. The van der Waals surface area contributed by atoms with Crippen LogP contribution in [-0.2, 0) is 9.53 Å². The molecule has 0 atom stereocenters. The van der Waals surface area contributed by atoms with Crippen molar-refractivity contribution in [3.8, 4) is 16.3 Å². The lowest BCUT2D eigenvalue weighted by Crippen LogP contribution is -2.09. The van der Waals surface area contributed by atoms with Crippen molar-refractivity contribution in [2.45, 2.75) is 6.92 Å². The van der Waals surface area contributed by atoms with Crippen molar-refractivity contribution in [3.05, 3.63) is 71.5 Å². The van der Waals surface area contributed by atoms with Crippen LogP contribution in [0.5, 0.6) is 5.75 Å². The van der Waals surface area contributed by atoms with Crippen LogP contribution in [0, 0.1) is 6.92 Å². The number of anilines is 1. The summed E-state index contributed by atoms with van der Waals surface area (Å²) in [5, 5.41) is 3.28. The quantitative estimate of drug-likeness (QED) is 0.317. The third kappa shape index (κ3) is 4.26. The van der Waals surface area contributed by atoms with Crippen molar-refractivity contribution >= 4 is 45.4 Å². The second-order valence-electron chi connectivity index (χ2n) is 6.81. The average Bonchev–Trinajstić information content (AvgIpc) is 3.37. The van der Waals surface area contributed by atoms with E-state index >= 15 is 0 Å². The number of aryl methyl sites for hydroxylation is 1. The van der Waals surface area contributed by atoms with Crippen LogP contribution in [0.4, 0.5) is 5.88 Å². The highest BCUT2D eigenvalue weighted by Gasteiger charge is 2.28. The number of thiazole rings is 1. The summed E-state index contributed by atoms with van der Waals surface area (Å²) in [4.78, 5) is 29.7. The summed E-state index contributed by atoms with van der Waals surface area (Å²) in [6, 6.07) is 14.9. The van der Waals surface area contributed by atoms with E-state index in [-0.39, 0.29) is 11.4 Å². The Morgan fingerprint density at radius 1 is 1.09 bits per heavy atom. The van der Waals surface area contributed by atoms with E-state index in [2.05, 4.69) is 10.3 Å². The Bertz CT molecular complexity index is 1290. The van der Waals surface area contributed by atoms with Gasteiger partial charge in [0.25, 0.3) is 5.91 Å². The fraction of sp³-hybridized carbons (Fsp3) is 0.125. The van der Waals surface area contributed by atoms with Gasteiger partial charge in [-0.2, -0.15) is 0 Å². The molecule has 2 heterocycles. The highest BCUT2D eigenvalue weighted by Crippen LogP contribution is 2.40. The molecule has 1 N–H and O–H groups in total. The van der Waals surface area contributed by atoms with Gasteiger partial charge in [0, 0.05) is 6.08 Å². The smallest absolute Gasteiger partial charge is 0.342 e. The lowest BCUT2D eigenvalue weighted by Gasteiger charge is -2.03. The highest BCUT2D eigenvalue weighted by molar-refractivity contribution is 7.21. The monoisotopic (exact) mass is 448 g/mol. The van der Waals surface area contributed by atoms with E-state index in [4.69, 9.17) is 13.9 Å². The van der Waals surface area contributed by atoms with E-state index in [1.165, 1.54) is 24.5 Å². The number of benzene rings is 2. The molecule has 0 saturated carbocycles. The third-order valence-corrected chi connectivity index (χ3v) is 5.82. The fourth-order valence-corrected chi connectivity index (χ4v) is 4.22. The van der Waals surface area contributed by atoms with Crippen LogP contribution in [0.3, 0.4) is 0 Å². The average molecular weight is 449 g/mol. The molecular formula is C24H20N2O5S. The molecule has 0 aliphatic heterocycles. The summed E-state index contributed by atoms with van der Waals surface area (Å²) in [6.45, 7) is 1.64. The van der Waals surface area contributed by atoms with Crippen molar-refractivity contribution in [3.63, 3.8) is 0 Å². The first-order valence-corrected chi connectivity index (χ1v) is 10.5. The zero-order valence-corrected chi connectivity index (χ0v) is 18.5. The Balaban J connectivity index is 1.68. The zero-order chi connectivity index (χ0) is 22.7.